The van der Waals surface area contributed by atoms with Gasteiger partial charge in [-0.05, 0) is 55.6 Å². The van der Waals surface area contributed by atoms with Gasteiger partial charge in [-0.25, -0.2) is 4.39 Å². The Morgan fingerprint density at radius 2 is 2.00 bits per heavy atom. The standard InChI is InChI=1S/C15H21BrFN/c1-2-3-12-4-6-18(7-5-12)11-13-8-14(16)10-15(17)9-13/h8-10,12H,2-7,11H2,1H3. The van der Waals surface area contributed by atoms with Gasteiger partial charge in [0.2, 0.25) is 0 Å². The second-order valence-electron chi connectivity index (χ2n) is 5.29. The molecule has 0 aliphatic carbocycles. The molecular formula is C15H21BrFN. The molecule has 1 aromatic carbocycles. The average molecular weight is 314 g/mol. The lowest BCUT2D eigenvalue weighted by Gasteiger charge is -2.31. The van der Waals surface area contributed by atoms with Gasteiger partial charge < -0.3 is 0 Å². The summed E-state index contributed by atoms with van der Waals surface area (Å²) in [4.78, 5) is 2.44. The Hall–Kier alpha value is -0.410. The zero-order valence-corrected chi connectivity index (χ0v) is 12.5. The number of rotatable bonds is 4. The molecule has 1 saturated heterocycles. The second-order valence-corrected chi connectivity index (χ2v) is 6.20. The van der Waals surface area contributed by atoms with Gasteiger partial charge in [0.15, 0.2) is 0 Å². The third-order valence-corrected chi connectivity index (χ3v) is 4.19. The first-order valence-corrected chi connectivity index (χ1v) is 7.64. The van der Waals surface area contributed by atoms with Crippen molar-refractivity contribution in [1.82, 2.24) is 4.90 Å². The molecule has 1 fully saturated rings. The van der Waals surface area contributed by atoms with Crippen LogP contribution in [0.3, 0.4) is 0 Å². The summed E-state index contributed by atoms with van der Waals surface area (Å²) in [5.74, 6) is 0.755. The smallest absolute Gasteiger partial charge is 0.124 e. The normalized spacial score (nSPS) is 18.2. The average Bonchev–Trinajstić information content (AvgIpc) is 2.31. The van der Waals surface area contributed by atoms with Gasteiger partial charge >= 0.3 is 0 Å². The lowest BCUT2D eigenvalue weighted by Crippen LogP contribution is -2.33. The lowest BCUT2D eigenvalue weighted by molar-refractivity contribution is 0.171. The first kappa shape index (κ1) is 14.0. The summed E-state index contributed by atoms with van der Waals surface area (Å²) in [5, 5.41) is 0. The highest BCUT2D eigenvalue weighted by atomic mass is 79.9. The number of nitrogens with zero attached hydrogens (tertiary/aromatic N) is 1. The lowest BCUT2D eigenvalue weighted by atomic mass is 9.92. The van der Waals surface area contributed by atoms with Gasteiger partial charge in [-0.1, -0.05) is 35.7 Å². The maximum absolute atomic E-state index is 13.3. The number of benzene rings is 1. The van der Waals surface area contributed by atoms with Crippen LogP contribution in [0.2, 0.25) is 0 Å². The molecule has 3 heteroatoms. The van der Waals surface area contributed by atoms with Crippen molar-refractivity contribution in [3.63, 3.8) is 0 Å². The van der Waals surface area contributed by atoms with Gasteiger partial charge in [0.05, 0.1) is 0 Å². The van der Waals surface area contributed by atoms with E-state index in [4.69, 9.17) is 0 Å². The molecule has 0 atom stereocenters. The molecule has 1 aliphatic heterocycles. The van der Waals surface area contributed by atoms with E-state index < -0.39 is 0 Å². The van der Waals surface area contributed by atoms with Crippen LogP contribution < -0.4 is 0 Å². The summed E-state index contributed by atoms with van der Waals surface area (Å²) in [7, 11) is 0. The van der Waals surface area contributed by atoms with Crippen LogP contribution in [-0.4, -0.2) is 18.0 Å². The van der Waals surface area contributed by atoms with E-state index in [0.29, 0.717) is 0 Å². The van der Waals surface area contributed by atoms with Crippen molar-refractivity contribution in [3.8, 4) is 0 Å². The minimum absolute atomic E-state index is 0.153. The topological polar surface area (TPSA) is 3.24 Å². The largest absolute Gasteiger partial charge is 0.299 e. The van der Waals surface area contributed by atoms with Gasteiger partial charge in [-0.2, -0.15) is 0 Å². The first-order chi connectivity index (χ1) is 8.67. The molecule has 0 spiro atoms. The van der Waals surface area contributed by atoms with Crippen LogP contribution in [0.5, 0.6) is 0 Å². The number of hydrogen-bond acceptors (Lipinski definition) is 1. The molecule has 0 bridgehead atoms. The number of likely N-dealkylation sites (tertiary alicyclic amines) is 1. The first-order valence-electron chi connectivity index (χ1n) is 6.84. The van der Waals surface area contributed by atoms with E-state index in [1.54, 1.807) is 6.07 Å². The van der Waals surface area contributed by atoms with Crippen molar-refractivity contribution in [2.45, 2.75) is 39.2 Å². The Labute approximate surface area is 118 Å². The van der Waals surface area contributed by atoms with Crippen molar-refractivity contribution in [1.29, 1.82) is 0 Å². The van der Waals surface area contributed by atoms with Crippen molar-refractivity contribution < 1.29 is 4.39 Å². The summed E-state index contributed by atoms with van der Waals surface area (Å²) in [6.45, 7) is 5.43. The maximum atomic E-state index is 13.3. The number of halogens is 2. The van der Waals surface area contributed by atoms with Crippen LogP contribution in [0.15, 0.2) is 22.7 Å². The number of piperidine rings is 1. The second kappa shape index (κ2) is 6.67. The van der Waals surface area contributed by atoms with E-state index in [2.05, 4.69) is 27.8 Å². The van der Waals surface area contributed by atoms with Crippen LogP contribution >= 0.6 is 15.9 Å². The van der Waals surface area contributed by atoms with Crippen molar-refractivity contribution >= 4 is 15.9 Å². The fourth-order valence-corrected chi connectivity index (χ4v) is 3.31. The predicted molar refractivity (Wildman–Crippen MR) is 77.0 cm³/mol. The maximum Gasteiger partial charge on any atom is 0.124 e. The summed E-state index contributed by atoms with van der Waals surface area (Å²) in [6, 6.07) is 5.17. The van der Waals surface area contributed by atoms with Gasteiger partial charge in [0.25, 0.3) is 0 Å². The van der Waals surface area contributed by atoms with Crippen LogP contribution in [-0.2, 0) is 6.54 Å². The summed E-state index contributed by atoms with van der Waals surface area (Å²) < 4.78 is 14.1. The summed E-state index contributed by atoms with van der Waals surface area (Å²) in [6.07, 6.45) is 5.25. The van der Waals surface area contributed by atoms with Crippen LogP contribution in [0.25, 0.3) is 0 Å². The Kier molecular flexibility index (Phi) is 5.19. The zero-order valence-electron chi connectivity index (χ0n) is 11.0. The molecular weight excluding hydrogens is 293 g/mol. The molecule has 18 heavy (non-hydrogen) atoms. The molecule has 1 aromatic rings. The Morgan fingerprint density at radius 3 is 2.61 bits per heavy atom. The highest BCUT2D eigenvalue weighted by Gasteiger charge is 2.18. The van der Waals surface area contributed by atoms with Crippen molar-refractivity contribution in [2.24, 2.45) is 5.92 Å². The molecule has 0 unspecified atom stereocenters. The fraction of sp³-hybridized carbons (Fsp3) is 0.600. The summed E-state index contributed by atoms with van der Waals surface area (Å²) >= 11 is 3.35. The quantitative estimate of drug-likeness (QED) is 0.785. The molecule has 0 radical (unpaired) electrons. The van der Waals surface area contributed by atoms with E-state index in [9.17, 15) is 4.39 Å². The van der Waals surface area contributed by atoms with Crippen molar-refractivity contribution in [3.05, 3.63) is 34.1 Å². The highest BCUT2D eigenvalue weighted by molar-refractivity contribution is 9.10. The Morgan fingerprint density at radius 1 is 1.28 bits per heavy atom. The molecule has 2 rings (SSSR count). The number of hydrogen-bond donors (Lipinski definition) is 0. The molecule has 1 aliphatic rings. The van der Waals surface area contributed by atoms with E-state index in [1.165, 1.54) is 31.7 Å². The van der Waals surface area contributed by atoms with Crippen molar-refractivity contribution in [2.75, 3.05) is 13.1 Å². The van der Waals surface area contributed by atoms with Crippen LogP contribution in [0, 0.1) is 11.7 Å². The molecule has 0 amide bonds. The predicted octanol–water partition coefficient (Wildman–Crippen LogP) is 4.60. The monoisotopic (exact) mass is 313 g/mol. The van der Waals surface area contributed by atoms with Crippen LogP contribution in [0.4, 0.5) is 4.39 Å². The molecule has 1 heterocycles. The van der Waals surface area contributed by atoms with E-state index in [-0.39, 0.29) is 5.82 Å². The third kappa shape index (κ3) is 4.06. The van der Waals surface area contributed by atoms with Gasteiger partial charge in [-0.3, -0.25) is 4.90 Å². The molecule has 0 saturated carbocycles. The zero-order chi connectivity index (χ0) is 13.0. The summed E-state index contributed by atoms with van der Waals surface area (Å²) in [5.41, 5.74) is 1.07. The van der Waals surface area contributed by atoms with E-state index in [1.807, 2.05) is 6.07 Å². The Bertz CT molecular complexity index is 366. The van der Waals surface area contributed by atoms with Crippen LogP contribution in [0.1, 0.15) is 38.2 Å². The third-order valence-electron chi connectivity index (χ3n) is 3.73. The van der Waals surface area contributed by atoms with Gasteiger partial charge in [0.1, 0.15) is 5.82 Å². The van der Waals surface area contributed by atoms with Gasteiger partial charge in [0, 0.05) is 11.0 Å². The van der Waals surface area contributed by atoms with E-state index >= 15 is 0 Å². The van der Waals surface area contributed by atoms with E-state index in [0.717, 1.165) is 35.6 Å². The highest BCUT2D eigenvalue weighted by Crippen LogP contribution is 2.23. The molecule has 0 N–H and O–H groups in total. The Balaban J connectivity index is 1.87. The van der Waals surface area contributed by atoms with Gasteiger partial charge in [-0.15, -0.1) is 0 Å². The minimum Gasteiger partial charge on any atom is -0.299 e. The SMILES string of the molecule is CCCC1CCN(Cc2cc(F)cc(Br)c2)CC1. The minimum atomic E-state index is -0.153. The molecule has 1 nitrogen and oxygen atoms in total. The molecule has 100 valence electrons. The fourth-order valence-electron chi connectivity index (χ4n) is 2.80. The molecule has 0 aromatic heterocycles.